The summed E-state index contributed by atoms with van der Waals surface area (Å²) in [6, 6.07) is 11.8. The highest BCUT2D eigenvalue weighted by atomic mass is 35.5. The summed E-state index contributed by atoms with van der Waals surface area (Å²) < 4.78 is 5.77. The average Bonchev–Trinajstić information content (AvgIpc) is 2.50. The SMILES string of the molecule is O=C(O)Cc1cc(Cl)c(OCc2cccc(NC3CCC3)c2)c(Cl)c1. The van der Waals surface area contributed by atoms with E-state index < -0.39 is 5.97 Å². The molecule has 3 rings (SSSR count). The molecule has 2 aromatic carbocycles. The van der Waals surface area contributed by atoms with E-state index in [1.54, 1.807) is 12.1 Å². The predicted octanol–water partition coefficient (Wildman–Crippen LogP) is 5.16. The van der Waals surface area contributed by atoms with Gasteiger partial charge in [0.15, 0.2) is 5.75 Å². The zero-order valence-electron chi connectivity index (χ0n) is 13.6. The number of carbonyl (C=O) groups is 1. The van der Waals surface area contributed by atoms with Gasteiger partial charge in [-0.3, -0.25) is 4.79 Å². The lowest BCUT2D eigenvalue weighted by Gasteiger charge is -2.27. The van der Waals surface area contributed by atoms with Crippen LogP contribution in [0.5, 0.6) is 5.75 Å². The largest absolute Gasteiger partial charge is 0.486 e. The number of aliphatic carboxylic acids is 1. The van der Waals surface area contributed by atoms with Crippen molar-refractivity contribution in [1.82, 2.24) is 0 Å². The van der Waals surface area contributed by atoms with Crippen molar-refractivity contribution in [3.63, 3.8) is 0 Å². The summed E-state index contributed by atoms with van der Waals surface area (Å²) in [5.74, 6) is -0.564. The Labute approximate surface area is 156 Å². The fourth-order valence-corrected chi connectivity index (χ4v) is 3.36. The molecule has 0 unspecified atom stereocenters. The number of hydrogen-bond donors (Lipinski definition) is 2. The van der Waals surface area contributed by atoms with Crippen molar-refractivity contribution in [2.45, 2.75) is 38.3 Å². The molecule has 0 saturated heterocycles. The monoisotopic (exact) mass is 379 g/mol. The third-order valence-electron chi connectivity index (χ3n) is 4.20. The van der Waals surface area contributed by atoms with Crippen molar-refractivity contribution in [3.8, 4) is 5.75 Å². The zero-order chi connectivity index (χ0) is 17.8. The summed E-state index contributed by atoms with van der Waals surface area (Å²) in [6.45, 7) is 0.331. The average molecular weight is 380 g/mol. The molecule has 0 aromatic heterocycles. The van der Waals surface area contributed by atoms with Crippen LogP contribution in [0.3, 0.4) is 0 Å². The van der Waals surface area contributed by atoms with Crippen LogP contribution < -0.4 is 10.1 Å². The van der Waals surface area contributed by atoms with Gasteiger partial charge in [-0.1, -0.05) is 35.3 Å². The number of rotatable bonds is 7. The summed E-state index contributed by atoms with van der Waals surface area (Å²) in [7, 11) is 0. The quantitative estimate of drug-likeness (QED) is 0.696. The lowest BCUT2D eigenvalue weighted by Crippen LogP contribution is -2.26. The highest BCUT2D eigenvalue weighted by Crippen LogP contribution is 2.35. The molecule has 2 aromatic rings. The van der Waals surface area contributed by atoms with Crippen LogP contribution in [-0.4, -0.2) is 17.1 Å². The summed E-state index contributed by atoms with van der Waals surface area (Å²) in [5, 5.41) is 13.0. The third kappa shape index (κ3) is 4.80. The number of anilines is 1. The minimum absolute atomic E-state index is 0.130. The molecule has 132 valence electrons. The minimum Gasteiger partial charge on any atom is -0.486 e. The van der Waals surface area contributed by atoms with Crippen LogP contribution in [-0.2, 0) is 17.8 Å². The van der Waals surface area contributed by atoms with Crippen molar-refractivity contribution in [2.75, 3.05) is 5.32 Å². The van der Waals surface area contributed by atoms with E-state index in [4.69, 9.17) is 33.0 Å². The van der Waals surface area contributed by atoms with Gasteiger partial charge in [0.1, 0.15) is 6.61 Å². The molecule has 0 spiro atoms. The number of benzene rings is 2. The van der Waals surface area contributed by atoms with Gasteiger partial charge in [-0.25, -0.2) is 0 Å². The van der Waals surface area contributed by atoms with Crippen LogP contribution in [0.25, 0.3) is 0 Å². The summed E-state index contributed by atoms with van der Waals surface area (Å²) in [4.78, 5) is 10.8. The maximum Gasteiger partial charge on any atom is 0.307 e. The number of hydrogen-bond acceptors (Lipinski definition) is 3. The number of ether oxygens (including phenoxy) is 1. The molecule has 0 atom stereocenters. The lowest BCUT2D eigenvalue weighted by molar-refractivity contribution is -0.136. The molecule has 1 aliphatic carbocycles. The molecular weight excluding hydrogens is 361 g/mol. The van der Waals surface area contributed by atoms with E-state index >= 15 is 0 Å². The second-order valence-corrected chi connectivity index (χ2v) is 7.03. The van der Waals surface area contributed by atoms with Crippen LogP contribution in [0.2, 0.25) is 10.0 Å². The van der Waals surface area contributed by atoms with Gasteiger partial charge in [-0.15, -0.1) is 0 Å². The van der Waals surface area contributed by atoms with Crippen molar-refractivity contribution in [1.29, 1.82) is 0 Å². The van der Waals surface area contributed by atoms with Crippen molar-refractivity contribution >= 4 is 34.9 Å². The summed E-state index contributed by atoms with van der Waals surface area (Å²) >= 11 is 12.4. The molecule has 1 aliphatic rings. The Morgan fingerprint density at radius 1 is 1.16 bits per heavy atom. The van der Waals surface area contributed by atoms with Gasteiger partial charge in [0, 0.05) is 11.7 Å². The Balaban J connectivity index is 1.66. The topological polar surface area (TPSA) is 58.6 Å². The number of carboxylic acids is 1. The molecule has 1 fully saturated rings. The highest BCUT2D eigenvalue weighted by Gasteiger charge is 2.17. The molecule has 2 N–H and O–H groups in total. The minimum atomic E-state index is -0.934. The Morgan fingerprint density at radius 2 is 1.88 bits per heavy atom. The molecule has 0 heterocycles. The van der Waals surface area contributed by atoms with Crippen molar-refractivity contribution < 1.29 is 14.6 Å². The maximum atomic E-state index is 10.8. The van der Waals surface area contributed by atoms with Gasteiger partial charge in [0.05, 0.1) is 16.5 Å². The Kier molecular flexibility index (Phi) is 5.71. The van der Waals surface area contributed by atoms with Crippen LogP contribution in [0.1, 0.15) is 30.4 Å². The van der Waals surface area contributed by atoms with Gasteiger partial charge >= 0.3 is 5.97 Å². The zero-order valence-corrected chi connectivity index (χ0v) is 15.1. The van der Waals surface area contributed by atoms with Gasteiger partial charge in [-0.2, -0.15) is 0 Å². The number of halogens is 2. The molecule has 4 nitrogen and oxygen atoms in total. The van der Waals surface area contributed by atoms with E-state index in [2.05, 4.69) is 11.4 Å². The number of carboxylic acid groups (broad SMARTS) is 1. The molecular formula is C19H19Cl2NO3. The van der Waals surface area contributed by atoms with Crippen molar-refractivity contribution in [3.05, 3.63) is 57.6 Å². The van der Waals surface area contributed by atoms with Crippen LogP contribution in [0.4, 0.5) is 5.69 Å². The van der Waals surface area contributed by atoms with Crippen molar-refractivity contribution in [2.24, 2.45) is 0 Å². The van der Waals surface area contributed by atoms with E-state index in [1.807, 2.05) is 18.2 Å². The predicted molar refractivity (Wildman–Crippen MR) is 99.8 cm³/mol. The Hall–Kier alpha value is -1.91. The normalized spacial score (nSPS) is 14.0. The lowest BCUT2D eigenvalue weighted by atomic mass is 9.93. The van der Waals surface area contributed by atoms with E-state index in [0.29, 0.717) is 34.0 Å². The number of nitrogens with one attached hydrogen (secondary N) is 1. The first-order valence-corrected chi connectivity index (χ1v) is 8.95. The first kappa shape index (κ1) is 17.9. The maximum absolute atomic E-state index is 10.8. The van der Waals surface area contributed by atoms with E-state index in [1.165, 1.54) is 19.3 Å². The fourth-order valence-electron chi connectivity index (χ4n) is 2.72. The summed E-state index contributed by atoms with van der Waals surface area (Å²) in [6.07, 6.45) is 3.59. The van der Waals surface area contributed by atoms with Gasteiger partial charge < -0.3 is 15.2 Å². The van der Waals surface area contributed by atoms with Gasteiger partial charge in [0.2, 0.25) is 0 Å². The molecule has 25 heavy (non-hydrogen) atoms. The van der Waals surface area contributed by atoms with Gasteiger partial charge in [-0.05, 0) is 54.7 Å². The van der Waals surface area contributed by atoms with Crippen LogP contribution in [0.15, 0.2) is 36.4 Å². The Bertz CT molecular complexity index is 752. The van der Waals surface area contributed by atoms with Gasteiger partial charge in [0.25, 0.3) is 0 Å². The second-order valence-electron chi connectivity index (χ2n) is 6.22. The second kappa shape index (κ2) is 7.98. The smallest absolute Gasteiger partial charge is 0.307 e. The molecule has 0 radical (unpaired) electrons. The van der Waals surface area contributed by atoms with E-state index in [0.717, 1.165) is 11.3 Å². The first-order valence-electron chi connectivity index (χ1n) is 8.19. The molecule has 0 amide bonds. The molecule has 0 bridgehead atoms. The summed E-state index contributed by atoms with van der Waals surface area (Å²) in [5.41, 5.74) is 2.63. The highest BCUT2D eigenvalue weighted by molar-refractivity contribution is 6.37. The van der Waals surface area contributed by atoms with Crippen LogP contribution >= 0.6 is 23.2 Å². The molecule has 1 saturated carbocycles. The molecule has 6 heteroatoms. The third-order valence-corrected chi connectivity index (χ3v) is 4.76. The first-order chi connectivity index (χ1) is 12.0. The standard InChI is InChI=1S/C19H19Cl2NO3/c20-16-8-13(10-18(23)24)9-17(21)19(16)25-11-12-3-1-6-15(7-12)22-14-4-2-5-14/h1,3,6-9,14,22H,2,4-5,10-11H2,(H,23,24). The molecule has 0 aliphatic heterocycles. The fraction of sp³-hybridized carbons (Fsp3) is 0.316. The van der Waals surface area contributed by atoms with Crippen LogP contribution in [0, 0.1) is 0 Å². The Morgan fingerprint density at radius 3 is 2.48 bits per heavy atom. The van der Waals surface area contributed by atoms with E-state index in [9.17, 15) is 4.79 Å². The van der Waals surface area contributed by atoms with E-state index in [-0.39, 0.29) is 6.42 Å².